The highest BCUT2D eigenvalue weighted by molar-refractivity contribution is 6.28. The van der Waals surface area contributed by atoms with Gasteiger partial charge >= 0.3 is 12.2 Å². The van der Waals surface area contributed by atoms with Gasteiger partial charge in [-0.25, -0.2) is 26.1 Å². The van der Waals surface area contributed by atoms with Gasteiger partial charge in [-0.3, -0.25) is 4.90 Å². The average Bonchev–Trinajstić information content (AvgIpc) is 2.86. The van der Waals surface area contributed by atoms with Gasteiger partial charge < -0.3 is 24.1 Å². The molecule has 0 bridgehead atoms. The molecule has 1 atom stereocenters. The number of amides is 2. The number of hydrogen-bond acceptors (Lipinski definition) is 7. The quantitative estimate of drug-likeness (QED) is 0.436. The SMILES string of the molecule is [C-]#[N+]C[C@H]1CN(c2nc(Cl)nc3c2CCN(C(=O)OCc2ccccc2)C3)CCN1C(=O)OC(C)(C)C. The van der Waals surface area contributed by atoms with Crippen LogP contribution < -0.4 is 4.90 Å². The van der Waals surface area contributed by atoms with E-state index in [2.05, 4.69) is 14.8 Å². The fraction of sp³-hybridized carbons (Fsp3) is 0.500. The van der Waals surface area contributed by atoms with Gasteiger partial charge in [0.05, 0.1) is 12.2 Å². The summed E-state index contributed by atoms with van der Waals surface area (Å²) in [5, 5.41) is 0.0875. The van der Waals surface area contributed by atoms with Crippen molar-refractivity contribution in [2.24, 2.45) is 0 Å². The minimum Gasteiger partial charge on any atom is -0.445 e. The lowest BCUT2D eigenvalue weighted by Crippen LogP contribution is -2.57. The number of nitrogens with zero attached hydrogens (tertiary/aromatic N) is 6. The third-order valence-corrected chi connectivity index (χ3v) is 6.36. The zero-order valence-electron chi connectivity index (χ0n) is 21.3. The second kappa shape index (κ2) is 11.2. The van der Waals surface area contributed by atoms with E-state index >= 15 is 0 Å². The zero-order chi connectivity index (χ0) is 26.6. The van der Waals surface area contributed by atoms with E-state index in [0.717, 1.165) is 11.1 Å². The molecule has 1 aromatic heterocycles. The van der Waals surface area contributed by atoms with Crippen LogP contribution >= 0.6 is 11.6 Å². The van der Waals surface area contributed by atoms with Crippen molar-refractivity contribution >= 4 is 29.6 Å². The normalized spacial score (nSPS) is 17.6. The van der Waals surface area contributed by atoms with Crippen molar-refractivity contribution in [1.82, 2.24) is 19.8 Å². The predicted molar refractivity (Wildman–Crippen MR) is 138 cm³/mol. The molecule has 3 heterocycles. The first-order valence-electron chi connectivity index (χ1n) is 12.2. The zero-order valence-corrected chi connectivity index (χ0v) is 22.1. The van der Waals surface area contributed by atoms with Gasteiger partial charge in [-0.05, 0) is 44.4 Å². The third kappa shape index (κ3) is 6.60. The molecular formula is C26H31ClN6O4. The molecule has 1 saturated heterocycles. The summed E-state index contributed by atoms with van der Waals surface area (Å²) in [5.74, 6) is 0.686. The molecule has 2 aliphatic rings. The Labute approximate surface area is 221 Å². The van der Waals surface area contributed by atoms with Crippen molar-refractivity contribution in [3.63, 3.8) is 0 Å². The molecule has 0 aliphatic carbocycles. The molecule has 11 heteroatoms. The summed E-state index contributed by atoms with van der Waals surface area (Å²) in [6.45, 7) is 15.2. The van der Waals surface area contributed by atoms with Crippen molar-refractivity contribution in [1.29, 1.82) is 0 Å². The Kier molecular flexibility index (Phi) is 8.03. The van der Waals surface area contributed by atoms with E-state index in [1.54, 1.807) is 9.80 Å². The standard InChI is InChI=1S/C26H31ClN6O4/c1-26(2,3)37-25(35)33-13-12-31(15-19(33)14-28-4)22-20-10-11-32(16-21(20)29-23(27)30-22)24(34)36-17-18-8-6-5-7-9-18/h5-9,19H,10-17H2,1-3H3/t19-/m0/s1. The van der Waals surface area contributed by atoms with Crippen LogP contribution in [-0.4, -0.2) is 76.3 Å². The first-order chi connectivity index (χ1) is 17.6. The Morgan fingerprint density at radius 3 is 2.59 bits per heavy atom. The maximum absolute atomic E-state index is 12.8. The second-order valence-corrected chi connectivity index (χ2v) is 10.4. The molecule has 1 fully saturated rings. The topological polar surface area (TPSA) is 92.5 Å². The number of aromatic nitrogens is 2. The van der Waals surface area contributed by atoms with Gasteiger partial charge in [0.1, 0.15) is 24.1 Å². The summed E-state index contributed by atoms with van der Waals surface area (Å²) in [7, 11) is 0. The summed E-state index contributed by atoms with van der Waals surface area (Å²) >= 11 is 6.30. The van der Waals surface area contributed by atoms with E-state index in [0.29, 0.717) is 44.1 Å². The molecule has 1 aromatic carbocycles. The summed E-state index contributed by atoms with van der Waals surface area (Å²) in [4.78, 5) is 43.2. The number of halogens is 1. The smallest absolute Gasteiger partial charge is 0.410 e. The Morgan fingerprint density at radius 2 is 1.89 bits per heavy atom. The average molecular weight is 527 g/mol. The number of hydrogen-bond donors (Lipinski definition) is 0. The first-order valence-corrected chi connectivity index (χ1v) is 12.6. The number of piperazine rings is 1. The van der Waals surface area contributed by atoms with Crippen molar-refractivity contribution in [3.8, 4) is 0 Å². The van der Waals surface area contributed by atoms with Crippen molar-refractivity contribution in [2.75, 3.05) is 37.6 Å². The Balaban J connectivity index is 1.47. The van der Waals surface area contributed by atoms with Gasteiger partial charge in [-0.15, -0.1) is 0 Å². The van der Waals surface area contributed by atoms with Crippen LogP contribution in [0.3, 0.4) is 0 Å². The maximum atomic E-state index is 12.8. The Bertz CT molecular complexity index is 1180. The molecule has 2 amide bonds. The van der Waals surface area contributed by atoms with Gasteiger partial charge in [0.25, 0.3) is 0 Å². The van der Waals surface area contributed by atoms with Gasteiger partial charge in [-0.2, -0.15) is 0 Å². The van der Waals surface area contributed by atoms with Crippen LogP contribution in [0.25, 0.3) is 4.85 Å². The van der Waals surface area contributed by atoms with Crippen LogP contribution in [0.15, 0.2) is 30.3 Å². The molecule has 0 radical (unpaired) electrons. The molecule has 0 unspecified atom stereocenters. The summed E-state index contributed by atoms with van der Waals surface area (Å²) in [6, 6.07) is 9.17. The van der Waals surface area contributed by atoms with E-state index in [1.807, 2.05) is 56.0 Å². The number of anilines is 1. The van der Waals surface area contributed by atoms with Crippen LogP contribution in [-0.2, 0) is 29.0 Å². The van der Waals surface area contributed by atoms with Crippen LogP contribution in [0.1, 0.15) is 37.6 Å². The summed E-state index contributed by atoms with van der Waals surface area (Å²) < 4.78 is 11.0. The molecule has 0 saturated carbocycles. The molecule has 2 aromatic rings. The third-order valence-electron chi connectivity index (χ3n) is 6.19. The molecule has 196 valence electrons. The molecular weight excluding hydrogens is 496 g/mol. The van der Waals surface area contributed by atoms with Crippen LogP contribution in [0.4, 0.5) is 15.4 Å². The highest BCUT2D eigenvalue weighted by Gasteiger charge is 2.37. The van der Waals surface area contributed by atoms with E-state index in [4.69, 9.17) is 27.6 Å². The van der Waals surface area contributed by atoms with Crippen molar-refractivity contribution in [2.45, 2.75) is 52.0 Å². The highest BCUT2D eigenvalue weighted by atomic mass is 35.5. The van der Waals surface area contributed by atoms with E-state index in [-0.39, 0.29) is 31.0 Å². The number of carbonyl (C=O) groups excluding carboxylic acids is 2. The van der Waals surface area contributed by atoms with E-state index < -0.39 is 17.8 Å². The lowest BCUT2D eigenvalue weighted by molar-refractivity contribution is 0.0155. The number of rotatable bonds is 4. The first kappa shape index (κ1) is 26.5. The molecule has 4 rings (SSSR count). The minimum absolute atomic E-state index is 0.0875. The minimum atomic E-state index is -0.621. The van der Waals surface area contributed by atoms with Gasteiger partial charge in [-0.1, -0.05) is 30.3 Å². The monoisotopic (exact) mass is 526 g/mol. The Hall–Kier alpha value is -3.58. The van der Waals surface area contributed by atoms with Crippen molar-refractivity contribution in [3.05, 3.63) is 63.9 Å². The molecule has 2 aliphatic heterocycles. The predicted octanol–water partition coefficient (Wildman–Crippen LogP) is 4.17. The molecule has 0 N–H and O–H groups in total. The molecule has 0 spiro atoms. The van der Waals surface area contributed by atoms with Crippen LogP contribution in [0, 0.1) is 6.57 Å². The summed E-state index contributed by atoms with van der Waals surface area (Å²) in [6.07, 6.45) is -0.288. The van der Waals surface area contributed by atoms with Crippen LogP contribution in [0.5, 0.6) is 0 Å². The van der Waals surface area contributed by atoms with Crippen LogP contribution in [0.2, 0.25) is 5.28 Å². The number of ether oxygens (including phenoxy) is 2. The Morgan fingerprint density at radius 1 is 1.14 bits per heavy atom. The highest BCUT2D eigenvalue weighted by Crippen LogP contribution is 2.30. The maximum Gasteiger partial charge on any atom is 0.410 e. The van der Waals surface area contributed by atoms with E-state index in [1.165, 1.54) is 0 Å². The second-order valence-electron chi connectivity index (χ2n) is 10.1. The largest absolute Gasteiger partial charge is 0.445 e. The fourth-order valence-electron chi connectivity index (χ4n) is 4.48. The van der Waals surface area contributed by atoms with E-state index in [9.17, 15) is 9.59 Å². The van der Waals surface area contributed by atoms with Gasteiger partial charge in [0.15, 0.2) is 0 Å². The van der Waals surface area contributed by atoms with Gasteiger partial charge in [0.2, 0.25) is 11.8 Å². The number of fused-ring (bicyclic) bond motifs is 1. The lowest BCUT2D eigenvalue weighted by atomic mass is 10.0. The molecule has 37 heavy (non-hydrogen) atoms. The fourth-order valence-corrected chi connectivity index (χ4v) is 4.66. The lowest BCUT2D eigenvalue weighted by Gasteiger charge is -2.41. The summed E-state index contributed by atoms with van der Waals surface area (Å²) in [5.41, 5.74) is 1.89. The number of carbonyl (C=O) groups is 2. The molecule has 10 nitrogen and oxygen atoms in total. The van der Waals surface area contributed by atoms with Crippen molar-refractivity contribution < 1.29 is 19.1 Å². The van der Waals surface area contributed by atoms with Gasteiger partial charge in [0, 0.05) is 31.7 Å². The number of benzene rings is 1.